The Balaban J connectivity index is 2.22. The predicted octanol–water partition coefficient (Wildman–Crippen LogP) is 2.54. The number of fused-ring (bicyclic) bond motifs is 1. The van der Waals surface area contributed by atoms with Crippen LogP contribution < -0.4 is 5.73 Å². The lowest BCUT2D eigenvalue weighted by molar-refractivity contribution is 0.914. The first kappa shape index (κ1) is 12.8. The fraction of sp³-hybridized carbons (Fsp3) is 0.250. The number of nitrogens with zero attached hydrogens (tertiary/aromatic N) is 3. The van der Waals surface area contributed by atoms with Crippen molar-refractivity contribution in [2.75, 3.05) is 6.54 Å². The van der Waals surface area contributed by atoms with Crippen LogP contribution in [0, 0.1) is 13.8 Å². The number of pyridine rings is 1. The molecule has 0 saturated heterocycles. The van der Waals surface area contributed by atoms with Gasteiger partial charge in [0.1, 0.15) is 12.1 Å². The molecule has 0 aliphatic carbocycles. The molecule has 0 atom stereocenters. The van der Waals surface area contributed by atoms with Gasteiger partial charge in [0.05, 0.1) is 11.0 Å². The average molecular weight is 266 g/mol. The molecule has 0 aliphatic rings. The molecule has 102 valence electrons. The first-order chi connectivity index (χ1) is 9.70. The molecular formula is C16H18N4. The van der Waals surface area contributed by atoms with E-state index in [1.54, 1.807) is 0 Å². The molecule has 3 aromatic rings. The third-order valence-electron chi connectivity index (χ3n) is 3.67. The summed E-state index contributed by atoms with van der Waals surface area (Å²) in [6, 6.07) is 8.30. The monoisotopic (exact) mass is 266 g/mol. The Morgan fingerprint density at radius 3 is 2.75 bits per heavy atom. The number of aryl methyl sites for hydroxylation is 2. The van der Waals surface area contributed by atoms with E-state index in [0.717, 1.165) is 28.8 Å². The quantitative estimate of drug-likeness (QED) is 0.792. The van der Waals surface area contributed by atoms with E-state index < -0.39 is 0 Å². The Morgan fingerprint density at radius 2 is 1.95 bits per heavy atom. The van der Waals surface area contributed by atoms with Crippen LogP contribution in [0.2, 0.25) is 0 Å². The standard InChI is InChI=1S/C16H18N4/c1-11-8-14-15(9-12(11)2)20(10-19-14)16-13(5-6-17)4-3-7-18-16/h3-4,7-10H,5-6,17H2,1-2H3. The van der Waals surface area contributed by atoms with Crippen LogP contribution in [-0.4, -0.2) is 21.1 Å². The molecule has 0 saturated carbocycles. The Kier molecular flexibility index (Phi) is 3.24. The molecule has 0 radical (unpaired) electrons. The Hall–Kier alpha value is -2.20. The minimum absolute atomic E-state index is 0.615. The number of nitrogens with two attached hydrogens (primary N) is 1. The molecule has 2 N–H and O–H groups in total. The van der Waals surface area contributed by atoms with Crippen molar-refractivity contribution in [1.29, 1.82) is 0 Å². The van der Waals surface area contributed by atoms with Crippen molar-refractivity contribution >= 4 is 11.0 Å². The SMILES string of the molecule is Cc1cc2ncn(-c3ncccc3CCN)c2cc1C. The molecular weight excluding hydrogens is 248 g/mol. The van der Waals surface area contributed by atoms with Gasteiger partial charge >= 0.3 is 0 Å². The minimum atomic E-state index is 0.615. The minimum Gasteiger partial charge on any atom is -0.330 e. The fourth-order valence-corrected chi connectivity index (χ4v) is 2.43. The molecule has 0 fully saturated rings. The topological polar surface area (TPSA) is 56.7 Å². The Bertz CT molecular complexity index is 758. The van der Waals surface area contributed by atoms with E-state index in [9.17, 15) is 0 Å². The van der Waals surface area contributed by atoms with Crippen LogP contribution in [0.4, 0.5) is 0 Å². The second-order valence-electron chi connectivity index (χ2n) is 5.06. The molecule has 2 aromatic heterocycles. The highest BCUT2D eigenvalue weighted by Gasteiger charge is 2.10. The third kappa shape index (κ3) is 2.08. The predicted molar refractivity (Wildman–Crippen MR) is 81.1 cm³/mol. The number of benzene rings is 1. The zero-order valence-corrected chi connectivity index (χ0v) is 11.8. The molecule has 0 aliphatic heterocycles. The second kappa shape index (κ2) is 5.06. The lowest BCUT2D eigenvalue weighted by Crippen LogP contribution is -2.08. The summed E-state index contributed by atoms with van der Waals surface area (Å²) in [5.41, 5.74) is 11.4. The summed E-state index contributed by atoms with van der Waals surface area (Å²) in [6.07, 6.45) is 4.46. The molecule has 0 spiro atoms. The smallest absolute Gasteiger partial charge is 0.141 e. The zero-order chi connectivity index (χ0) is 14.1. The van der Waals surface area contributed by atoms with Crippen molar-refractivity contribution in [1.82, 2.24) is 14.5 Å². The summed E-state index contributed by atoms with van der Waals surface area (Å²) < 4.78 is 2.05. The summed E-state index contributed by atoms with van der Waals surface area (Å²) in [6.45, 7) is 4.84. The maximum atomic E-state index is 5.69. The van der Waals surface area contributed by atoms with E-state index in [-0.39, 0.29) is 0 Å². The van der Waals surface area contributed by atoms with Gasteiger partial charge in [0.2, 0.25) is 0 Å². The summed E-state index contributed by atoms with van der Waals surface area (Å²) in [5, 5.41) is 0. The molecule has 4 nitrogen and oxygen atoms in total. The van der Waals surface area contributed by atoms with Crippen LogP contribution in [0.1, 0.15) is 16.7 Å². The normalized spacial score (nSPS) is 11.2. The highest BCUT2D eigenvalue weighted by atomic mass is 15.1. The Morgan fingerprint density at radius 1 is 1.15 bits per heavy atom. The van der Waals surface area contributed by atoms with Gasteiger partial charge < -0.3 is 5.73 Å². The molecule has 20 heavy (non-hydrogen) atoms. The number of aromatic nitrogens is 3. The van der Waals surface area contributed by atoms with Crippen molar-refractivity contribution in [3.05, 3.63) is 53.5 Å². The van der Waals surface area contributed by atoms with E-state index in [1.165, 1.54) is 11.1 Å². The van der Waals surface area contributed by atoms with Gasteiger partial charge in [-0.15, -0.1) is 0 Å². The van der Waals surface area contributed by atoms with Gasteiger partial charge in [-0.1, -0.05) is 6.07 Å². The zero-order valence-electron chi connectivity index (χ0n) is 11.8. The maximum Gasteiger partial charge on any atom is 0.141 e. The van der Waals surface area contributed by atoms with Gasteiger partial charge in [-0.25, -0.2) is 9.97 Å². The van der Waals surface area contributed by atoms with Crippen LogP contribution >= 0.6 is 0 Å². The van der Waals surface area contributed by atoms with Crippen LogP contribution in [0.25, 0.3) is 16.9 Å². The first-order valence-corrected chi connectivity index (χ1v) is 6.79. The lowest BCUT2D eigenvalue weighted by atomic mass is 10.1. The summed E-state index contributed by atoms with van der Waals surface area (Å²) >= 11 is 0. The van der Waals surface area contributed by atoms with Gasteiger partial charge in [0, 0.05) is 6.20 Å². The summed E-state index contributed by atoms with van der Waals surface area (Å²) in [4.78, 5) is 9.00. The fourth-order valence-electron chi connectivity index (χ4n) is 2.43. The van der Waals surface area contributed by atoms with Crippen molar-refractivity contribution in [3.63, 3.8) is 0 Å². The van der Waals surface area contributed by atoms with Gasteiger partial charge in [0.15, 0.2) is 0 Å². The molecule has 0 unspecified atom stereocenters. The van der Waals surface area contributed by atoms with Crippen molar-refractivity contribution in [2.45, 2.75) is 20.3 Å². The van der Waals surface area contributed by atoms with Gasteiger partial charge in [0.25, 0.3) is 0 Å². The van der Waals surface area contributed by atoms with Gasteiger partial charge in [-0.2, -0.15) is 0 Å². The number of imidazole rings is 1. The Labute approximate surface area is 118 Å². The molecule has 3 rings (SSSR count). The average Bonchev–Trinajstić information content (AvgIpc) is 2.83. The molecule has 1 aromatic carbocycles. The van der Waals surface area contributed by atoms with E-state index >= 15 is 0 Å². The van der Waals surface area contributed by atoms with Crippen LogP contribution in [0.3, 0.4) is 0 Å². The number of hydrogen-bond donors (Lipinski definition) is 1. The van der Waals surface area contributed by atoms with E-state index in [1.807, 2.05) is 23.2 Å². The van der Waals surface area contributed by atoms with Crippen LogP contribution in [-0.2, 0) is 6.42 Å². The molecule has 2 heterocycles. The highest BCUT2D eigenvalue weighted by Crippen LogP contribution is 2.22. The largest absolute Gasteiger partial charge is 0.330 e. The van der Waals surface area contributed by atoms with Crippen molar-refractivity contribution in [2.24, 2.45) is 5.73 Å². The van der Waals surface area contributed by atoms with E-state index in [4.69, 9.17) is 5.73 Å². The van der Waals surface area contributed by atoms with E-state index in [0.29, 0.717) is 6.54 Å². The number of rotatable bonds is 3. The summed E-state index contributed by atoms with van der Waals surface area (Å²) in [7, 11) is 0. The lowest BCUT2D eigenvalue weighted by Gasteiger charge is -2.09. The van der Waals surface area contributed by atoms with Crippen molar-refractivity contribution < 1.29 is 0 Å². The molecule has 0 amide bonds. The number of hydrogen-bond acceptors (Lipinski definition) is 3. The van der Waals surface area contributed by atoms with Gasteiger partial charge in [-0.05, 0) is 61.7 Å². The maximum absolute atomic E-state index is 5.69. The first-order valence-electron chi connectivity index (χ1n) is 6.79. The second-order valence-corrected chi connectivity index (χ2v) is 5.06. The van der Waals surface area contributed by atoms with E-state index in [2.05, 4.69) is 42.0 Å². The van der Waals surface area contributed by atoms with Gasteiger partial charge in [-0.3, -0.25) is 4.57 Å². The molecule has 4 heteroatoms. The third-order valence-corrected chi connectivity index (χ3v) is 3.67. The van der Waals surface area contributed by atoms with Crippen molar-refractivity contribution in [3.8, 4) is 5.82 Å². The van der Waals surface area contributed by atoms with Crippen LogP contribution in [0.5, 0.6) is 0 Å². The summed E-state index contributed by atoms with van der Waals surface area (Å²) in [5.74, 6) is 0.920. The molecule has 0 bridgehead atoms. The highest BCUT2D eigenvalue weighted by molar-refractivity contribution is 5.79. The van der Waals surface area contributed by atoms with Crippen LogP contribution in [0.15, 0.2) is 36.8 Å².